The quantitative estimate of drug-likeness (QED) is 0.851. The molecule has 2 heterocycles. The highest BCUT2D eigenvalue weighted by molar-refractivity contribution is 6.32. The molecule has 0 aliphatic heterocycles. The second-order valence-corrected chi connectivity index (χ2v) is 3.43. The lowest BCUT2D eigenvalue weighted by Crippen LogP contribution is -2.00. The van der Waals surface area contributed by atoms with Gasteiger partial charge in [0.05, 0.1) is 5.02 Å². The van der Waals surface area contributed by atoms with E-state index in [-0.39, 0.29) is 5.82 Å². The van der Waals surface area contributed by atoms with Crippen LogP contribution in [0.2, 0.25) is 5.02 Å². The number of hydrogen-bond acceptors (Lipinski definition) is 4. The van der Waals surface area contributed by atoms with E-state index in [1.165, 1.54) is 4.68 Å². The monoisotopic (exact) mass is 238 g/mol. The highest BCUT2D eigenvalue weighted by atomic mass is 35.5. The maximum absolute atomic E-state index is 10.7. The Morgan fingerprint density at radius 3 is 2.88 bits per heavy atom. The van der Waals surface area contributed by atoms with Crippen molar-refractivity contribution in [3.8, 4) is 11.5 Å². The van der Waals surface area contributed by atoms with Gasteiger partial charge in [-0.2, -0.15) is 4.98 Å². The molecule has 2 aromatic heterocycles. The van der Waals surface area contributed by atoms with Crippen molar-refractivity contribution in [1.29, 1.82) is 0 Å². The van der Waals surface area contributed by atoms with Crippen molar-refractivity contribution in [2.75, 3.05) is 0 Å². The van der Waals surface area contributed by atoms with E-state index in [4.69, 9.17) is 16.7 Å². The number of aromatic carboxylic acids is 1. The number of aromatic nitrogens is 4. The molecular formula is C9H7ClN4O2. The maximum Gasteiger partial charge on any atom is 0.375 e. The molecule has 2 rings (SSSR count). The molecular weight excluding hydrogens is 232 g/mol. The van der Waals surface area contributed by atoms with Gasteiger partial charge in [0.1, 0.15) is 5.69 Å². The minimum atomic E-state index is -1.19. The van der Waals surface area contributed by atoms with E-state index >= 15 is 0 Å². The van der Waals surface area contributed by atoms with Crippen molar-refractivity contribution < 1.29 is 9.90 Å². The molecule has 0 aliphatic carbocycles. The zero-order valence-corrected chi connectivity index (χ0v) is 9.01. The number of halogens is 1. The summed E-state index contributed by atoms with van der Waals surface area (Å²) in [5.74, 6) is -1.14. The highest BCUT2D eigenvalue weighted by Crippen LogP contribution is 2.22. The highest BCUT2D eigenvalue weighted by Gasteiger charge is 2.17. The predicted molar refractivity (Wildman–Crippen MR) is 56.2 cm³/mol. The summed E-state index contributed by atoms with van der Waals surface area (Å²) in [6.45, 7) is 0. The molecule has 1 N–H and O–H groups in total. The van der Waals surface area contributed by atoms with E-state index in [0.29, 0.717) is 16.5 Å². The number of pyridine rings is 1. The third kappa shape index (κ3) is 1.74. The van der Waals surface area contributed by atoms with Gasteiger partial charge in [-0.25, -0.2) is 9.48 Å². The summed E-state index contributed by atoms with van der Waals surface area (Å²) in [6.07, 6.45) is 1.55. The topological polar surface area (TPSA) is 80.9 Å². The van der Waals surface area contributed by atoms with E-state index in [1.807, 2.05) is 0 Å². The molecule has 0 radical (unpaired) electrons. The fourth-order valence-corrected chi connectivity index (χ4v) is 1.44. The first-order chi connectivity index (χ1) is 7.59. The zero-order chi connectivity index (χ0) is 11.7. The van der Waals surface area contributed by atoms with Crippen LogP contribution in [0.5, 0.6) is 0 Å². The lowest BCUT2D eigenvalue weighted by Gasteiger charge is -2.00. The molecule has 0 bridgehead atoms. The average Bonchev–Trinajstić information content (AvgIpc) is 2.61. The fraction of sp³-hybridized carbons (Fsp3) is 0.111. The van der Waals surface area contributed by atoms with Gasteiger partial charge in [0.15, 0.2) is 5.82 Å². The molecule has 0 aliphatic rings. The van der Waals surface area contributed by atoms with E-state index in [1.54, 1.807) is 25.4 Å². The van der Waals surface area contributed by atoms with Crippen molar-refractivity contribution >= 4 is 17.6 Å². The van der Waals surface area contributed by atoms with Crippen LogP contribution in [0, 0.1) is 0 Å². The first-order valence-electron chi connectivity index (χ1n) is 4.35. The lowest BCUT2D eigenvalue weighted by atomic mass is 10.3. The summed E-state index contributed by atoms with van der Waals surface area (Å²) in [7, 11) is 1.58. The number of carbonyl (C=O) groups is 1. The molecule has 0 amide bonds. The predicted octanol–water partition coefficient (Wildman–Crippen LogP) is 1.23. The van der Waals surface area contributed by atoms with Crippen LogP contribution >= 0.6 is 11.6 Å². The van der Waals surface area contributed by atoms with Gasteiger partial charge in [0.2, 0.25) is 0 Å². The summed E-state index contributed by atoms with van der Waals surface area (Å²) in [6, 6.07) is 3.33. The second kappa shape index (κ2) is 3.90. The van der Waals surface area contributed by atoms with E-state index < -0.39 is 5.97 Å². The number of carboxylic acids is 1. The van der Waals surface area contributed by atoms with Crippen molar-refractivity contribution in [1.82, 2.24) is 19.7 Å². The molecule has 0 aromatic carbocycles. The van der Waals surface area contributed by atoms with Crippen LogP contribution in [0.15, 0.2) is 18.3 Å². The molecule has 2 aromatic rings. The van der Waals surface area contributed by atoms with E-state index in [2.05, 4.69) is 15.1 Å². The molecule has 82 valence electrons. The van der Waals surface area contributed by atoms with Crippen molar-refractivity contribution in [2.24, 2.45) is 7.05 Å². The molecule has 0 saturated carbocycles. The molecule has 16 heavy (non-hydrogen) atoms. The van der Waals surface area contributed by atoms with Crippen molar-refractivity contribution in [3.63, 3.8) is 0 Å². The van der Waals surface area contributed by atoms with Crippen molar-refractivity contribution in [3.05, 3.63) is 29.2 Å². The lowest BCUT2D eigenvalue weighted by molar-refractivity contribution is 0.0683. The number of nitrogens with zero attached hydrogens (tertiary/aromatic N) is 4. The van der Waals surface area contributed by atoms with Gasteiger partial charge in [-0.05, 0) is 12.1 Å². The summed E-state index contributed by atoms with van der Waals surface area (Å²) in [4.78, 5) is 18.6. The minimum Gasteiger partial charge on any atom is -0.475 e. The van der Waals surface area contributed by atoms with Gasteiger partial charge in [0.25, 0.3) is 5.82 Å². The summed E-state index contributed by atoms with van der Waals surface area (Å²) in [5.41, 5.74) is 0.409. The number of carboxylic acid groups (broad SMARTS) is 1. The molecule has 0 saturated heterocycles. The summed E-state index contributed by atoms with van der Waals surface area (Å²) < 4.78 is 1.33. The van der Waals surface area contributed by atoms with Gasteiger partial charge in [-0.3, -0.25) is 4.98 Å². The Hall–Kier alpha value is -1.95. The van der Waals surface area contributed by atoms with Gasteiger partial charge in [-0.1, -0.05) is 11.6 Å². The Bertz CT molecular complexity index is 552. The standard InChI is InChI=1S/C9H7ClN4O2/c1-14-8(12-7(13-14)9(15)16)6-5(10)3-2-4-11-6/h2-4H,1H3,(H,15,16). The second-order valence-electron chi connectivity index (χ2n) is 3.02. The number of aryl methyl sites for hydroxylation is 1. The van der Waals surface area contributed by atoms with Crippen LogP contribution in [0.25, 0.3) is 11.5 Å². The molecule has 0 spiro atoms. The van der Waals surface area contributed by atoms with Crippen molar-refractivity contribution in [2.45, 2.75) is 0 Å². The number of rotatable bonds is 2. The third-order valence-electron chi connectivity index (χ3n) is 1.92. The van der Waals surface area contributed by atoms with Crippen LogP contribution in [-0.4, -0.2) is 30.8 Å². The van der Waals surface area contributed by atoms with Gasteiger partial charge >= 0.3 is 5.97 Å². The average molecular weight is 239 g/mol. The SMILES string of the molecule is Cn1nc(C(=O)O)nc1-c1ncccc1Cl. The maximum atomic E-state index is 10.7. The molecule has 0 atom stereocenters. The van der Waals surface area contributed by atoms with Crippen LogP contribution in [0.3, 0.4) is 0 Å². The first-order valence-corrected chi connectivity index (χ1v) is 4.72. The minimum absolute atomic E-state index is 0.279. The van der Waals surface area contributed by atoms with Crippen LogP contribution in [-0.2, 0) is 7.05 Å². The third-order valence-corrected chi connectivity index (χ3v) is 2.23. The normalized spacial score (nSPS) is 10.4. The smallest absolute Gasteiger partial charge is 0.375 e. The van der Waals surface area contributed by atoms with Gasteiger partial charge in [0, 0.05) is 13.2 Å². The Labute approximate surface area is 95.5 Å². The van der Waals surface area contributed by atoms with Gasteiger partial charge < -0.3 is 5.11 Å². The van der Waals surface area contributed by atoms with Crippen LogP contribution in [0.4, 0.5) is 0 Å². The summed E-state index contributed by atoms with van der Waals surface area (Å²) in [5, 5.41) is 12.9. The van der Waals surface area contributed by atoms with Gasteiger partial charge in [-0.15, -0.1) is 5.10 Å². The first kappa shape index (κ1) is 10.6. The molecule has 0 fully saturated rings. The number of hydrogen-bond donors (Lipinski definition) is 1. The molecule has 6 nitrogen and oxygen atoms in total. The fourth-order valence-electron chi connectivity index (χ4n) is 1.23. The molecule has 0 unspecified atom stereocenters. The Morgan fingerprint density at radius 2 is 2.31 bits per heavy atom. The molecule has 7 heteroatoms. The largest absolute Gasteiger partial charge is 0.475 e. The Kier molecular flexibility index (Phi) is 2.57. The van der Waals surface area contributed by atoms with Crippen LogP contribution < -0.4 is 0 Å². The van der Waals surface area contributed by atoms with E-state index in [0.717, 1.165) is 0 Å². The Balaban J connectivity index is 2.57. The van der Waals surface area contributed by atoms with E-state index in [9.17, 15) is 4.79 Å². The Morgan fingerprint density at radius 1 is 1.56 bits per heavy atom. The summed E-state index contributed by atoms with van der Waals surface area (Å²) >= 11 is 5.93. The van der Waals surface area contributed by atoms with Crippen LogP contribution in [0.1, 0.15) is 10.6 Å². The zero-order valence-electron chi connectivity index (χ0n) is 8.25.